The highest BCUT2D eigenvalue weighted by molar-refractivity contribution is 5.80. The van der Waals surface area contributed by atoms with Gasteiger partial charge in [0, 0.05) is 5.41 Å². The first-order valence-electron chi connectivity index (χ1n) is 5.81. The summed E-state index contributed by atoms with van der Waals surface area (Å²) in [4.78, 5) is 22.0. The second-order valence-electron chi connectivity index (χ2n) is 5.55. The lowest BCUT2D eigenvalue weighted by atomic mass is 9.77. The van der Waals surface area contributed by atoms with Crippen molar-refractivity contribution < 1.29 is 19.3 Å². The van der Waals surface area contributed by atoms with Crippen molar-refractivity contribution >= 4 is 5.97 Å². The third-order valence-electron chi connectivity index (χ3n) is 3.27. The first kappa shape index (κ1) is 13.5. The highest BCUT2D eigenvalue weighted by atomic mass is 17.4. The van der Waals surface area contributed by atoms with E-state index >= 15 is 0 Å². The van der Waals surface area contributed by atoms with Crippen molar-refractivity contribution in [3.8, 4) is 0 Å². The van der Waals surface area contributed by atoms with Crippen LogP contribution in [0.5, 0.6) is 0 Å². The van der Waals surface area contributed by atoms with Crippen LogP contribution < -0.4 is 0 Å². The molecule has 0 amide bonds. The molecule has 0 aromatic carbocycles. The monoisotopic (exact) mass is 230 g/mol. The van der Waals surface area contributed by atoms with Crippen LogP contribution in [0.15, 0.2) is 0 Å². The van der Waals surface area contributed by atoms with Gasteiger partial charge in [-0.25, -0.2) is 4.79 Å². The van der Waals surface area contributed by atoms with Crippen LogP contribution in [0.2, 0.25) is 0 Å². The summed E-state index contributed by atoms with van der Waals surface area (Å²) in [6.45, 7) is 11.5. The van der Waals surface area contributed by atoms with Crippen LogP contribution in [0.3, 0.4) is 0 Å². The molecular formula is C12H22O4. The molecule has 4 nitrogen and oxygen atoms in total. The van der Waals surface area contributed by atoms with Gasteiger partial charge in [-0.15, -0.1) is 0 Å². The minimum absolute atomic E-state index is 0.338. The first-order chi connectivity index (χ1) is 7.21. The molecule has 94 valence electrons. The Labute approximate surface area is 97.2 Å². The summed E-state index contributed by atoms with van der Waals surface area (Å²) in [5.41, 5.74) is -0.864. The number of hydrogen-bond acceptors (Lipinski definition) is 4. The van der Waals surface area contributed by atoms with E-state index in [4.69, 9.17) is 14.5 Å². The largest absolute Gasteiger partial charge is 0.456 e. The third-order valence-corrected chi connectivity index (χ3v) is 3.27. The van der Waals surface area contributed by atoms with Gasteiger partial charge in [0.05, 0.1) is 0 Å². The fourth-order valence-corrected chi connectivity index (χ4v) is 1.62. The van der Waals surface area contributed by atoms with E-state index < -0.39 is 17.4 Å². The van der Waals surface area contributed by atoms with Gasteiger partial charge in [-0.1, -0.05) is 20.8 Å². The van der Waals surface area contributed by atoms with Crippen LogP contribution in [0, 0.1) is 5.41 Å². The van der Waals surface area contributed by atoms with E-state index in [0.29, 0.717) is 0 Å². The number of rotatable bonds is 4. The summed E-state index contributed by atoms with van der Waals surface area (Å²) in [5.74, 6) is -1.62. The number of carbonyl (C=O) groups excluding carboxylic acids is 1. The highest BCUT2D eigenvalue weighted by Crippen LogP contribution is 2.51. The van der Waals surface area contributed by atoms with Crippen LogP contribution >= 0.6 is 0 Å². The Balaban J connectivity index is 2.83. The van der Waals surface area contributed by atoms with E-state index in [1.165, 1.54) is 0 Å². The Morgan fingerprint density at radius 2 is 1.56 bits per heavy atom. The molecule has 1 heterocycles. The Bertz CT molecular complexity index is 269. The molecule has 1 saturated heterocycles. The molecule has 1 rings (SSSR count). The van der Waals surface area contributed by atoms with Crippen molar-refractivity contribution in [1.82, 2.24) is 0 Å². The lowest BCUT2D eigenvalue weighted by Crippen LogP contribution is -2.45. The van der Waals surface area contributed by atoms with Crippen LogP contribution in [0.25, 0.3) is 0 Å². The van der Waals surface area contributed by atoms with Gasteiger partial charge in [-0.05, 0) is 33.6 Å². The molecule has 1 aliphatic rings. The number of esters is 1. The summed E-state index contributed by atoms with van der Waals surface area (Å²) < 4.78 is 5.33. The third kappa shape index (κ3) is 2.23. The minimum atomic E-state index is -1.19. The van der Waals surface area contributed by atoms with Crippen molar-refractivity contribution in [3.63, 3.8) is 0 Å². The van der Waals surface area contributed by atoms with Gasteiger partial charge in [-0.3, -0.25) is 0 Å². The zero-order valence-electron chi connectivity index (χ0n) is 11.0. The van der Waals surface area contributed by atoms with E-state index in [1.807, 2.05) is 41.5 Å². The smallest absolute Gasteiger partial charge is 0.373 e. The Morgan fingerprint density at radius 1 is 1.12 bits per heavy atom. The summed E-state index contributed by atoms with van der Waals surface area (Å²) in [5, 5.41) is 0. The molecule has 0 aromatic heterocycles. The quantitative estimate of drug-likeness (QED) is 0.423. The average Bonchev–Trinajstić information content (AvgIpc) is 2.95. The molecule has 1 aliphatic heterocycles. The number of hydrogen-bond donors (Lipinski definition) is 0. The fourth-order valence-electron chi connectivity index (χ4n) is 1.62. The van der Waals surface area contributed by atoms with Crippen LogP contribution in [-0.2, 0) is 19.3 Å². The van der Waals surface area contributed by atoms with Gasteiger partial charge >= 0.3 is 11.8 Å². The van der Waals surface area contributed by atoms with E-state index in [9.17, 15) is 4.79 Å². The Morgan fingerprint density at radius 3 is 1.81 bits per heavy atom. The van der Waals surface area contributed by atoms with Gasteiger partial charge in [0.1, 0.15) is 5.60 Å². The molecule has 4 heteroatoms. The van der Waals surface area contributed by atoms with Gasteiger partial charge in [0.2, 0.25) is 0 Å². The van der Waals surface area contributed by atoms with Crippen molar-refractivity contribution in [1.29, 1.82) is 0 Å². The minimum Gasteiger partial charge on any atom is -0.456 e. The van der Waals surface area contributed by atoms with Crippen LogP contribution in [-0.4, -0.2) is 17.4 Å². The summed E-state index contributed by atoms with van der Waals surface area (Å²) >= 11 is 0. The topological polar surface area (TPSA) is 51.4 Å². The van der Waals surface area contributed by atoms with Gasteiger partial charge in [0.25, 0.3) is 0 Å². The van der Waals surface area contributed by atoms with Crippen molar-refractivity contribution in [2.45, 2.75) is 65.8 Å². The predicted molar refractivity (Wildman–Crippen MR) is 59.4 cm³/mol. The Kier molecular flexibility index (Phi) is 3.37. The maximum absolute atomic E-state index is 12.0. The van der Waals surface area contributed by atoms with Crippen LogP contribution in [0.1, 0.15) is 54.4 Å². The molecule has 0 spiro atoms. The molecule has 0 unspecified atom stereocenters. The van der Waals surface area contributed by atoms with E-state index in [1.54, 1.807) is 0 Å². The maximum Gasteiger partial charge on any atom is 0.373 e. The first-order valence-corrected chi connectivity index (χ1v) is 5.81. The highest BCUT2D eigenvalue weighted by Gasteiger charge is 2.69. The van der Waals surface area contributed by atoms with Gasteiger partial charge in [0.15, 0.2) is 0 Å². The molecule has 0 saturated carbocycles. The van der Waals surface area contributed by atoms with Crippen molar-refractivity contribution in [2.75, 3.05) is 0 Å². The Hall–Kier alpha value is -0.610. The lowest BCUT2D eigenvalue weighted by molar-refractivity contribution is -0.169. The molecule has 16 heavy (non-hydrogen) atoms. The molecular weight excluding hydrogens is 208 g/mol. The van der Waals surface area contributed by atoms with Crippen LogP contribution in [0.4, 0.5) is 0 Å². The maximum atomic E-state index is 12.0. The van der Waals surface area contributed by atoms with Crippen molar-refractivity contribution in [2.24, 2.45) is 5.41 Å². The standard InChI is InChI=1S/C12H22O4/c1-7-11(6,8-2)12(15-16-12)9(13)14-10(3,4)5/h7-8H2,1-6H3. The molecule has 0 aromatic rings. The zero-order valence-corrected chi connectivity index (χ0v) is 11.0. The van der Waals surface area contributed by atoms with E-state index in [0.717, 1.165) is 12.8 Å². The average molecular weight is 230 g/mol. The second-order valence-corrected chi connectivity index (χ2v) is 5.55. The molecule has 1 fully saturated rings. The summed E-state index contributed by atoms with van der Waals surface area (Å²) in [6, 6.07) is 0. The van der Waals surface area contributed by atoms with Gasteiger partial charge < -0.3 is 4.74 Å². The predicted octanol–water partition coefficient (Wildman–Crippen LogP) is 2.81. The van der Waals surface area contributed by atoms with E-state index in [2.05, 4.69) is 0 Å². The molecule has 0 radical (unpaired) electrons. The SMILES string of the molecule is CCC(C)(CC)C1(C(=O)OC(C)(C)C)OO1. The fraction of sp³-hybridized carbons (Fsp3) is 0.917. The molecule has 0 N–H and O–H groups in total. The van der Waals surface area contributed by atoms with E-state index in [-0.39, 0.29) is 5.41 Å². The molecule has 0 aliphatic carbocycles. The number of ether oxygens (including phenoxy) is 1. The normalized spacial score (nSPS) is 19.4. The molecule has 0 bridgehead atoms. The summed E-state index contributed by atoms with van der Waals surface area (Å²) in [6.07, 6.45) is 1.59. The second kappa shape index (κ2) is 4.00. The molecule has 0 atom stereocenters. The zero-order chi connectivity index (χ0) is 12.6. The van der Waals surface area contributed by atoms with Crippen molar-refractivity contribution in [3.05, 3.63) is 0 Å². The van der Waals surface area contributed by atoms with Gasteiger partial charge in [-0.2, -0.15) is 9.78 Å². The lowest BCUT2D eigenvalue weighted by Gasteiger charge is -2.30. The number of carbonyl (C=O) groups is 1. The summed E-state index contributed by atoms with van der Waals surface area (Å²) in [7, 11) is 0.